The topological polar surface area (TPSA) is 66.5 Å². The summed E-state index contributed by atoms with van der Waals surface area (Å²) in [6.07, 6.45) is 1.10. The van der Waals surface area contributed by atoms with Gasteiger partial charge in [-0.15, -0.1) is 0 Å². The van der Waals surface area contributed by atoms with Crippen molar-refractivity contribution in [3.8, 4) is 0 Å². The Balaban J connectivity index is 2.83. The van der Waals surface area contributed by atoms with Gasteiger partial charge in [-0.25, -0.2) is 8.42 Å². The molecule has 1 aliphatic rings. The first-order chi connectivity index (χ1) is 6.77. The molecule has 6 heteroatoms. The molecule has 0 bridgehead atoms. The average molecular weight is 234 g/mol. The van der Waals surface area contributed by atoms with E-state index in [1.807, 2.05) is 0 Å². The number of carbonyl (C=O) groups excluding carboxylic acids is 1. The minimum absolute atomic E-state index is 0.300. The molecule has 0 saturated carbocycles. The van der Waals surface area contributed by atoms with E-state index in [1.54, 1.807) is 4.90 Å². The monoisotopic (exact) mass is 234 g/mol. The molecule has 5 nitrogen and oxygen atoms in total. The maximum absolute atomic E-state index is 12.0. The molecule has 0 radical (unpaired) electrons. The summed E-state index contributed by atoms with van der Waals surface area (Å²) in [5.74, 6) is -0.300. The molecule has 0 aromatic carbocycles. The molecular weight excluding hydrogens is 216 g/mol. The van der Waals surface area contributed by atoms with Crippen LogP contribution in [0.25, 0.3) is 0 Å². The lowest BCUT2D eigenvalue weighted by Gasteiger charge is -2.33. The number of nitrogens with zero attached hydrogens (tertiary/aromatic N) is 1. The number of hydrogen-bond donors (Lipinski definition) is 1. The molecule has 0 aromatic rings. The van der Waals surface area contributed by atoms with Crippen molar-refractivity contribution in [2.24, 2.45) is 0 Å². The Kier molecular flexibility index (Phi) is 3.40. The predicted molar refractivity (Wildman–Crippen MR) is 58.4 cm³/mol. The van der Waals surface area contributed by atoms with Crippen molar-refractivity contribution in [1.29, 1.82) is 0 Å². The van der Waals surface area contributed by atoms with Crippen molar-refractivity contribution in [3.63, 3.8) is 0 Å². The Labute approximate surface area is 90.7 Å². The molecule has 15 heavy (non-hydrogen) atoms. The van der Waals surface area contributed by atoms with Crippen LogP contribution in [0.2, 0.25) is 0 Å². The standard InChI is InChI=1S/C9H18N2O3S/c1-9(2,15(3,13)14)8(12)11-6-4-10-5-7-11/h10H,4-7H2,1-3H3. The third-order valence-electron chi connectivity index (χ3n) is 2.85. The van der Waals surface area contributed by atoms with Gasteiger partial charge in [0.15, 0.2) is 9.84 Å². The quantitative estimate of drug-likeness (QED) is 0.682. The summed E-state index contributed by atoms with van der Waals surface area (Å²) < 4.78 is 21.6. The highest BCUT2D eigenvalue weighted by molar-refractivity contribution is 7.92. The first kappa shape index (κ1) is 12.4. The number of nitrogens with one attached hydrogen (secondary N) is 1. The van der Waals surface area contributed by atoms with Crippen LogP contribution < -0.4 is 5.32 Å². The molecule has 0 spiro atoms. The van der Waals surface area contributed by atoms with E-state index in [9.17, 15) is 13.2 Å². The molecule has 1 saturated heterocycles. The van der Waals surface area contributed by atoms with Crippen LogP contribution in [0.5, 0.6) is 0 Å². The molecule has 0 unspecified atom stereocenters. The van der Waals surface area contributed by atoms with Crippen molar-refractivity contribution >= 4 is 15.7 Å². The predicted octanol–water partition coefficient (Wildman–Crippen LogP) is -0.759. The molecule has 1 rings (SSSR count). The van der Waals surface area contributed by atoms with Crippen LogP contribution in [-0.4, -0.2) is 56.4 Å². The second kappa shape index (κ2) is 4.09. The molecular formula is C9H18N2O3S. The summed E-state index contributed by atoms with van der Waals surface area (Å²) in [5.41, 5.74) is 0. The molecule has 1 heterocycles. The van der Waals surface area contributed by atoms with Gasteiger partial charge in [-0.1, -0.05) is 0 Å². The highest BCUT2D eigenvalue weighted by Gasteiger charge is 2.41. The number of rotatable bonds is 2. The normalized spacial score (nSPS) is 19.0. The minimum atomic E-state index is -3.36. The summed E-state index contributed by atoms with van der Waals surface area (Å²) in [6.45, 7) is 5.55. The molecule has 1 N–H and O–H groups in total. The van der Waals surface area contributed by atoms with Crippen molar-refractivity contribution in [2.45, 2.75) is 18.6 Å². The largest absolute Gasteiger partial charge is 0.339 e. The second-order valence-corrected chi connectivity index (χ2v) is 6.89. The number of hydrogen-bond acceptors (Lipinski definition) is 4. The zero-order valence-electron chi connectivity index (χ0n) is 9.41. The van der Waals surface area contributed by atoms with Gasteiger partial charge in [0.05, 0.1) is 0 Å². The smallest absolute Gasteiger partial charge is 0.243 e. The van der Waals surface area contributed by atoms with Gasteiger partial charge < -0.3 is 10.2 Å². The molecule has 0 aliphatic carbocycles. The van der Waals surface area contributed by atoms with Crippen LogP contribution in [0.3, 0.4) is 0 Å². The lowest BCUT2D eigenvalue weighted by atomic mass is 10.1. The fourth-order valence-electron chi connectivity index (χ4n) is 1.41. The van der Waals surface area contributed by atoms with E-state index in [0.717, 1.165) is 19.3 Å². The number of carbonyl (C=O) groups is 1. The molecule has 1 fully saturated rings. The van der Waals surface area contributed by atoms with Gasteiger partial charge in [-0.05, 0) is 13.8 Å². The summed E-state index contributed by atoms with van der Waals surface area (Å²) in [7, 11) is -3.36. The third-order valence-corrected chi connectivity index (χ3v) is 4.87. The van der Waals surface area contributed by atoms with E-state index in [-0.39, 0.29) is 5.91 Å². The minimum Gasteiger partial charge on any atom is -0.339 e. The van der Waals surface area contributed by atoms with E-state index in [2.05, 4.69) is 5.32 Å². The zero-order chi connectivity index (χ0) is 11.7. The average Bonchev–Trinajstić information content (AvgIpc) is 2.16. The lowest BCUT2D eigenvalue weighted by molar-refractivity contribution is -0.133. The van der Waals surface area contributed by atoms with Crippen LogP contribution in [0, 0.1) is 0 Å². The molecule has 1 amide bonds. The summed E-state index contributed by atoms with van der Waals surface area (Å²) >= 11 is 0. The Hall–Kier alpha value is -0.620. The fraction of sp³-hybridized carbons (Fsp3) is 0.889. The van der Waals surface area contributed by atoms with Gasteiger partial charge in [0, 0.05) is 32.4 Å². The van der Waals surface area contributed by atoms with Gasteiger partial charge in [0.1, 0.15) is 4.75 Å². The van der Waals surface area contributed by atoms with Gasteiger partial charge in [0.2, 0.25) is 5.91 Å². The summed E-state index contributed by atoms with van der Waals surface area (Å²) in [6, 6.07) is 0. The van der Waals surface area contributed by atoms with E-state index < -0.39 is 14.6 Å². The lowest BCUT2D eigenvalue weighted by Crippen LogP contribution is -2.55. The summed E-state index contributed by atoms with van der Waals surface area (Å²) in [4.78, 5) is 13.6. The van der Waals surface area contributed by atoms with Gasteiger partial charge >= 0.3 is 0 Å². The maximum Gasteiger partial charge on any atom is 0.243 e. The first-order valence-electron chi connectivity index (χ1n) is 4.96. The van der Waals surface area contributed by atoms with E-state index in [1.165, 1.54) is 13.8 Å². The van der Waals surface area contributed by atoms with Crippen LogP contribution in [0.4, 0.5) is 0 Å². The van der Waals surface area contributed by atoms with E-state index in [4.69, 9.17) is 0 Å². The SMILES string of the molecule is CC(C)(C(=O)N1CCNCC1)S(C)(=O)=O. The fourth-order valence-corrected chi connectivity index (χ4v) is 1.85. The van der Waals surface area contributed by atoms with Crippen LogP contribution in [0.15, 0.2) is 0 Å². The number of sulfone groups is 1. The van der Waals surface area contributed by atoms with E-state index in [0.29, 0.717) is 13.1 Å². The van der Waals surface area contributed by atoms with Crippen molar-refractivity contribution in [1.82, 2.24) is 10.2 Å². The number of amides is 1. The van der Waals surface area contributed by atoms with Crippen LogP contribution in [0.1, 0.15) is 13.8 Å². The molecule has 0 aromatic heterocycles. The van der Waals surface area contributed by atoms with Crippen molar-refractivity contribution in [3.05, 3.63) is 0 Å². The Morgan fingerprint density at radius 3 is 2.13 bits per heavy atom. The van der Waals surface area contributed by atoms with E-state index >= 15 is 0 Å². The Morgan fingerprint density at radius 1 is 1.27 bits per heavy atom. The number of piperazine rings is 1. The van der Waals surface area contributed by atoms with Crippen LogP contribution >= 0.6 is 0 Å². The summed E-state index contributed by atoms with van der Waals surface area (Å²) in [5, 5.41) is 3.12. The van der Waals surface area contributed by atoms with Gasteiger partial charge in [-0.3, -0.25) is 4.79 Å². The Morgan fingerprint density at radius 2 is 1.73 bits per heavy atom. The highest BCUT2D eigenvalue weighted by atomic mass is 32.2. The molecule has 88 valence electrons. The van der Waals surface area contributed by atoms with Gasteiger partial charge in [0.25, 0.3) is 0 Å². The maximum atomic E-state index is 12.0. The Bertz CT molecular complexity index is 342. The van der Waals surface area contributed by atoms with Crippen molar-refractivity contribution in [2.75, 3.05) is 32.4 Å². The molecule has 0 atom stereocenters. The first-order valence-corrected chi connectivity index (χ1v) is 6.85. The highest BCUT2D eigenvalue weighted by Crippen LogP contribution is 2.18. The second-order valence-electron chi connectivity index (χ2n) is 4.32. The zero-order valence-corrected chi connectivity index (χ0v) is 10.2. The third kappa shape index (κ3) is 2.49. The van der Waals surface area contributed by atoms with Crippen LogP contribution in [-0.2, 0) is 14.6 Å². The van der Waals surface area contributed by atoms with Gasteiger partial charge in [-0.2, -0.15) is 0 Å². The molecule has 1 aliphatic heterocycles. The van der Waals surface area contributed by atoms with Crippen molar-refractivity contribution < 1.29 is 13.2 Å².